The number of carbonyl (C=O) groups excluding carboxylic acids is 1. The largest absolute Gasteiger partial charge is 0.396 e. The lowest BCUT2D eigenvalue weighted by atomic mass is 10.0. The van der Waals surface area contributed by atoms with E-state index in [0.29, 0.717) is 6.41 Å². The Morgan fingerprint density at radius 3 is 2.46 bits per heavy atom. The Kier molecular flexibility index (Phi) is 12.9. The van der Waals surface area contributed by atoms with Gasteiger partial charge in [-0.25, -0.2) is 9.69 Å². The van der Waals surface area contributed by atoms with E-state index >= 15 is 0 Å². The minimum Gasteiger partial charge on any atom is -0.396 e. The summed E-state index contributed by atoms with van der Waals surface area (Å²) in [7, 11) is 1.85. The van der Waals surface area contributed by atoms with Crippen molar-refractivity contribution in [3.05, 3.63) is 69.9 Å². The maximum Gasteiger partial charge on any atom is 0.221 e. The van der Waals surface area contributed by atoms with Gasteiger partial charge >= 0.3 is 0 Å². The fourth-order valence-electron chi connectivity index (χ4n) is 3.73. The number of hydrogen-bond acceptors (Lipinski definition) is 4. The van der Waals surface area contributed by atoms with Crippen molar-refractivity contribution in [1.29, 1.82) is 0 Å². The molecular weight excluding hydrogens is 484 g/mol. The van der Waals surface area contributed by atoms with Crippen LogP contribution in [0.1, 0.15) is 61.4 Å². The number of nitrogens with zero attached hydrogens (tertiary/aromatic N) is 3. The minimum atomic E-state index is 0.232. The average molecular weight is 523 g/mol. The molecule has 0 saturated carbocycles. The molecule has 2 aromatic carbocycles. The fourth-order valence-corrected chi connectivity index (χ4v) is 3.95. The third kappa shape index (κ3) is 9.36. The van der Waals surface area contributed by atoms with Gasteiger partial charge in [0.15, 0.2) is 0 Å². The number of nitrogens with one attached hydrogen (secondary N) is 1. The van der Waals surface area contributed by atoms with Crippen molar-refractivity contribution in [1.82, 2.24) is 20.2 Å². The Morgan fingerprint density at radius 2 is 1.84 bits per heavy atom. The number of hydrazine groups is 1. The predicted octanol–water partition coefficient (Wildman–Crippen LogP) is 6.01. The maximum atomic E-state index is 9.83. The van der Waals surface area contributed by atoms with Crippen LogP contribution in [-0.2, 0) is 4.79 Å². The van der Waals surface area contributed by atoms with Crippen LogP contribution in [0.4, 0.5) is 0 Å². The summed E-state index contributed by atoms with van der Waals surface area (Å²) >= 11 is 6.13. The highest BCUT2D eigenvalue weighted by molar-refractivity contribution is 6.30. The zero-order chi connectivity index (χ0) is 27.2. The molecule has 0 radical (unpaired) electrons. The van der Waals surface area contributed by atoms with E-state index < -0.39 is 0 Å². The van der Waals surface area contributed by atoms with E-state index in [-0.39, 0.29) is 6.61 Å². The van der Waals surface area contributed by atoms with Gasteiger partial charge in [-0.3, -0.25) is 10.2 Å². The normalized spacial score (nSPS) is 10.4. The summed E-state index contributed by atoms with van der Waals surface area (Å²) in [6.45, 7) is 9.47. The average Bonchev–Trinajstić information content (AvgIpc) is 3.17. The van der Waals surface area contributed by atoms with Crippen molar-refractivity contribution in [2.45, 2.75) is 59.8 Å². The lowest BCUT2D eigenvalue weighted by Crippen LogP contribution is -2.33. The van der Waals surface area contributed by atoms with Gasteiger partial charge in [-0.05, 0) is 81.5 Å². The topological polar surface area (TPSA) is 70.4 Å². The Morgan fingerprint density at radius 1 is 1.11 bits per heavy atom. The van der Waals surface area contributed by atoms with Crippen LogP contribution in [0, 0.1) is 32.6 Å². The van der Waals surface area contributed by atoms with E-state index in [2.05, 4.69) is 55.4 Å². The van der Waals surface area contributed by atoms with Gasteiger partial charge < -0.3 is 5.11 Å². The second-order valence-electron chi connectivity index (χ2n) is 8.98. The number of carbonyl (C=O) groups is 1. The highest BCUT2D eigenvalue weighted by atomic mass is 35.5. The van der Waals surface area contributed by atoms with Gasteiger partial charge in [0.1, 0.15) is 0 Å². The third-order valence-corrected chi connectivity index (χ3v) is 6.20. The lowest BCUT2D eigenvalue weighted by molar-refractivity contribution is -0.113. The van der Waals surface area contributed by atoms with Gasteiger partial charge in [0.05, 0.1) is 17.1 Å². The molecule has 0 fully saturated rings. The van der Waals surface area contributed by atoms with Crippen LogP contribution >= 0.6 is 11.6 Å². The third-order valence-electron chi connectivity index (χ3n) is 5.97. The molecule has 2 N–H and O–H groups in total. The molecule has 0 aliphatic heterocycles. The van der Waals surface area contributed by atoms with Crippen molar-refractivity contribution in [2.75, 3.05) is 20.2 Å². The van der Waals surface area contributed by atoms with E-state index in [4.69, 9.17) is 21.8 Å². The molecule has 37 heavy (non-hydrogen) atoms. The molecule has 1 amide bonds. The van der Waals surface area contributed by atoms with Gasteiger partial charge in [0, 0.05) is 42.8 Å². The number of aliphatic hydroxyl groups excluding tert-OH is 1. The highest BCUT2D eigenvalue weighted by Crippen LogP contribution is 2.30. The zero-order valence-corrected chi connectivity index (χ0v) is 23.4. The van der Waals surface area contributed by atoms with Crippen molar-refractivity contribution in [2.24, 2.45) is 0 Å². The summed E-state index contributed by atoms with van der Waals surface area (Å²) in [6.07, 6.45) is 5.52. The number of aryl methyl sites for hydroxylation is 2. The van der Waals surface area contributed by atoms with E-state index in [9.17, 15) is 4.79 Å². The first kappa shape index (κ1) is 30.1. The highest BCUT2D eigenvalue weighted by Gasteiger charge is 2.16. The van der Waals surface area contributed by atoms with E-state index in [1.807, 2.05) is 43.8 Å². The first-order valence-corrected chi connectivity index (χ1v) is 13.1. The molecular formula is C30H39ClN4O2. The Labute approximate surface area is 226 Å². The molecule has 1 heterocycles. The number of amides is 1. The summed E-state index contributed by atoms with van der Waals surface area (Å²) in [6, 6.07) is 14.2. The molecule has 0 bridgehead atoms. The molecule has 0 spiro atoms. The summed E-state index contributed by atoms with van der Waals surface area (Å²) < 4.78 is 2.01. The lowest BCUT2D eigenvalue weighted by Gasteiger charge is -2.12. The second-order valence-corrected chi connectivity index (χ2v) is 9.42. The molecule has 6 nitrogen and oxygen atoms in total. The fraction of sp³-hybridized carbons (Fsp3) is 0.400. The van der Waals surface area contributed by atoms with E-state index in [1.54, 1.807) is 5.01 Å². The van der Waals surface area contributed by atoms with Gasteiger partial charge in [0.25, 0.3) is 0 Å². The van der Waals surface area contributed by atoms with Crippen LogP contribution in [0.5, 0.6) is 0 Å². The summed E-state index contributed by atoms with van der Waals surface area (Å²) in [5.74, 6) is 6.37. The van der Waals surface area contributed by atoms with Crippen LogP contribution in [0.3, 0.4) is 0 Å². The number of rotatable bonds is 10. The summed E-state index contributed by atoms with van der Waals surface area (Å²) in [4.78, 5) is 9.83. The Balaban J connectivity index is 0.000000458. The molecule has 0 unspecified atom stereocenters. The van der Waals surface area contributed by atoms with Crippen molar-refractivity contribution in [3.63, 3.8) is 0 Å². The van der Waals surface area contributed by atoms with Gasteiger partial charge in [-0.1, -0.05) is 48.9 Å². The van der Waals surface area contributed by atoms with Gasteiger partial charge in [-0.15, -0.1) is 0 Å². The molecule has 1 aromatic heterocycles. The number of unbranched alkanes of at least 4 members (excludes halogenated alkanes) is 3. The number of aromatic nitrogens is 2. The number of hydrogen-bond donors (Lipinski definition) is 2. The molecule has 3 aromatic rings. The van der Waals surface area contributed by atoms with E-state index in [1.165, 1.54) is 0 Å². The minimum absolute atomic E-state index is 0.232. The van der Waals surface area contributed by atoms with E-state index in [0.717, 1.165) is 83.0 Å². The molecule has 3 rings (SSSR count). The van der Waals surface area contributed by atoms with Crippen molar-refractivity contribution < 1.29 is 9.90 Å². The van der Waals surface area contributed by atoms with Crippen molar-refractivity contribution in [3.8, 4) is 28.8 Å². The molecule has 0 aliphatic rings. The standard InChI is InChI=1S/C24H25ClN2O.C6H14N2O/c1-17-16-22(25)13-14-23(17)27-24(18(2)19(3)26-27)21-11-9-20(10-12-21)8-6-4-5-7-15-28;1-3-4-5-8(2)7-6-9/h9-14,16,28H,4-5,7,15H2,1-3H3;6H,3-5H2,1-2H3,(H,7,9). The first-order chi connectivity index (χ1) is 17.8. The molecule has 198 valence electrons. The number of halogens is 1. The Hall–Kier alpha value is -3.11. The summed E-state index contributed by atoms with van der Waals surface area (Å²) in [5, 5.41) is 16.1. The van der Waals surface area contributed by atoms with Crippen LogP contribution in [0.25, 0.3) is 16.9 Å². The molecule has 0 saturated heterocycles. The maximum absolute atomic E-state index is 9.83. The second kappa shape index (κ2) is 15.9. The first-order valence-electron chi connectivity index (χ1n) is 12.8. The number of benzene rings is 2. The molecule has 0 atom stereocenters. The van der Waals surface area contributed by atoms with Crippen molar-refractivity contribution >= 4 is 18.0 Å². The quantitative estimate of drug-likeness (QED) is 0.148. The van der Waals surface area contributed by atoms with Crippen LogP contribution < -0.4 is 5.43 Å². The smallest absolute Gasteiger partial charge is 0.221 e. The van der Waals surface area contributed by atoms with Gasteiger partial charge in [-0.2, -0.15) is 5.10 Å². The molecule has 7 heteroatoms. The van der Waals surface area contributed by atoms with Gasteiger partial charge in [0.2, 0.25) is 6.41 Å². The predicted molar refractivity (Wildman–Crippen MR) is 153 cm³/mol. The van der Waals surface area contributed by atoms with Crippen LogP contribution in [-0.4, -0.2) is 46.5 Å². The molecule has 0 aliphatic carbocycles. The Bertz CT molecular complexity index is 1190. The van der Waals surface area contributed by atoms with Crippen LogP contribution in [0.15, 0.2) is 42.5 Å². The summed E-state index contributed by atoms with van der Waals surface area (Å²) in [5.41, 5.74) is 10.0. The number of aliphatic hydroxyl groups is 1. The zero-order valence-electron chi connectivity index (χ0n) is 22.6. The van der Waals surface area contributed by atoms with Crippen LogP contribution in [0.2, 0.25) is 5.02 Å². The SMILES string of the molecule is CCCCN(C)NC=O.Cc1cc(Cl)ccc1-n1nc(C)c(C)c1-c1ccc(C#CCCCCO)cc1. The monoisotopic (exact) mass is 522 g/mol.